The molecule has 1 aliphatic heterocycles. The number of nitrogens with zero attached hydrogens (tertiary/aromatic N) is 1. The number of likely N-dealkylation sites (tertiary alicyclic amines) is 1. The van der Waals surface area contributed by atoms with Gasteiger partial charge in [0, 0.05) is 22.6 Å². The van der Waals surface area contributed by atoms with E-state index in [9.17, 15) is 4.79 Å². The van der Waals surface area contributed by atoms with Gasteiger partial charge in [-0.15, -0.1) is 0 Å². The molecule has 0 saturated carbocycles. The van der Waals surface area contributed by atoms with Crippen molar-refractivity contribution in [3.63, 3.8) is 0 Å². The summed E-state index contributed by atoms with van der Waals surface area (Å²) in [7, 11) is 0. The molecule has 1 aliphatic rings. The van der Waals surface area contributed by atoms with E-state index in [2.05, 4.69) is 34.7 Å². The summed E-state index contributed by atoms with van der Waals surface area (Å²) >= 11 is 3.45. The summed E-state index contributed by atoms with van der Waals surface area (Å²) in [6.45, 7) is 7.33. The molecule has 104 valence electrons. The number of aryl methyl sites for hydroxylation is 1. The maximum Gasteiger partial charge on any atom is 0.254 e. The number of benzene rings is 1. The summed E-state index contributed by atoms with van der Waals surface area (Å²) in [5.74, 6) is 0.725. The molecule has 0 bridgehead atoms. The van der Waals surface area contributed by atoms with Gasteiger partial charge >= 0.3 is 0 Å². The first-order valence-electron chi connectivity index (χ1n) is 7.08. The minimum atomic E-state index is 0.198. The lowest BCUT2D eigenvalue weighted by Crippen LogP contribution is -2.46. The summed E-state index contributed by atoms with van der Waals surface area (Å²) in [6.07, 6.45) is 3.51. The molecule has 19 heavy (non-hydrogen) atoms. The SMILES string of the molecule is Cc1cc(Br)ccc1C(=O)N1CCCCC1C(C)C. The number of hydrogen-bond acceptors (Lipinski definition) is 1. The molecule has 1 aromatic carbocycles. The third-order valence-corrected chi connectivity index (χ3v) is 4.49. The van der Waals surface area contributed by atoms with Crippen LogP contribution in [0.25, 0.3) is 0 Å². The van der Waals surface area contributed by atoms with Crippen LogP contribution in [0.5, 0.6) is 0 Å². The highest BCUT2D eigenvalue weighted by molar-refractivity contribution is 9.10. The lowest BCUT2D eigenvalue weighted by atomic mass is 9.91. The van der Waals surface area contributed by atoms with Crippen LogP contribution in [0.3, 0.4) is 0 Å². The van der Waals surface area contributed by atoms with Crippen LogP contribution in [-0.4, -0.2) is 23.4 Å². The van der Waals surface area contributed by atoms with Gasteiger partial charge in [-0.1, -0.05) is 29.8 Å². The normalized spacial score (nSPS) is 19.8. The first-order chi connectivity index (χ1) is 9.00. The van der Waals surface area contributed by atoms with Crippen LogP contribution >= 0.6 is 15.9 Å². The molecule has 3 heteroatoms. The number of hydrogen-bond donors (Lipinski definition) is 0. The number of halogens is 1. The van der Waals surface area contributed by atoms with Gasteiger partial charge in [-0.2, -0.15) is 0 Å². The molecule has 1 fully saturated rings. The Kier molecular flexibility index (Phi) is 4.67. The Balaban J connectivity index is 2.26. The first kappa shape index (κ1) is 14.6. The first-order valence-corrected chi connectivity index (χ1v) is 7.87. The van der Waals surface area contributed by atoms with Crippen LogP contribution in [0, 0.1) is 12.8 Å². The van der Waals surface area contributed by atoms with Gasteiger partial charge in [0.25, 0.3) is 5.91 Å². The van der Waals surface area contributed by atoms with Crippen molar-refractivity contribution in [2.45, 2.75) is 46.1 Å². The Bertz CT molecular complexity index is 470. The maximum absolute atomic E-state index is 12.8. The average Bonchev–Trinajstić information content (AvgIpc) is 2.38. The fraction of sp³-hybridized carbons (Fsp3) is 0.562. The van der Waals surface area contributed by atoms with Gasteiger partial charge in [0.1, 0.15) is 0 Å². The van der Waals surface area contributed by atoms with Crippen molar-refractivity contribution in [2.75, 3.05) is 6.54 Å². The largest absolute Gasteiger partial charge is 0.335 e. The molecule has 0 spiro atoms. The van der Waals surface area contributed by atoms with Gasteiger partial charge in [0.2, 0.25) is 0 Å². The van der Waals surface area contributed by atoms with Crippen molar-refractivity contribution in [1.82, 2.24) is 4.90 Å². The maximum atomic E-state index is 12.8. The van der Waals surface area contributed by atoms with Crippen LogP contribution in [0.2, 0.25) is 0 Å². The van der Waals surface area contributed by atoms with Crippen molar-refractivity contribution >= 4 is 21.8 Å². The lowest BCUT2D eigenvalue weighted by molar-refractivity contribution is 0.0542. The minimum Gasteiger partial charge on any atom is -0.335 e. The molecule has 2 rings (SSSR count). The Hall–Kier alpha value is -0.830. The van der Waals surface area contributed by atoms with Gasteiger partial charge < -0.3 is 4.90 Å². The molecule has 0 aliphatic carbocycles. The molecule has 1 aromatic rings. The number of carbonyl (C=O) groups is 1. The van der Waals surface area contributed by atoms with Gasteiger partial charge in [0.15, 0.2) is 0 Å². The second-order valence-corrected chi connectivity index (χ2v) is 6.68. The predicted molar refractivity (Wildman–Crippen MR) is 82.4 cm³/mol. The minimum absolute atomic E-state index is 0.198. The van der Waals surface area contributed by atoms with Crippen LogP contribution in [0.4, 0.5) is 0 Å². The fourth-order valence-electron chi connectivity index (χ4n) is 2.92. The number of amides is 1. The highest BCUT2D eigenvalue weighted by atomic mass is 79.9. The zero-order chi connectivity index (χ0) is 14.0. The van der Waals surface area contributed by atoms with E-state index in [1.54, 1.807) is 0 Å². The van der Waals surface area contributed by atoms with Crippen molar-refractivity contribution in [3.05, 3.63) is 33.8 Å². The Morgan fingerprint density at radius 1 is 1.37 bits per heavy atom. The Morgan fingerprint density at radius 3 is 2.74 bits per heavy atom. The highest BCUT2D eigenvalue weighted by Gasteiger charge is 2.29. The molecule has 1 saturated heterocycles. The average molecular weight is 324 g/mol. The summed E-state index contributed by atoms with van der Waals surface area (Å²) < 4.78 is 1.03. The van der Waals surface area contributed by atoms with Crippen LogP contribution < -0.4 is 0 Å². The molecule has 1 atom stereocenters. The predicted octanol–water partition coefficient (Wildman–Crippen LogP) is 4.41. The summed E-state index contributed by atoms with van der Waals surface area (Å²) in [4.78, 5) is 14.8. The zero-order valence-electron chi connectivity index (χ0n) is 11.9. The molecule has 1 unspecified atom stereocenters. The Morgan fingerprint density at radius 2 is 2.11 bits per heavy atom. The quantitative estimate of drug-likeness (QED) is 0.789. The van der Waals surface area contributed by atoms with Crippen molar-refractivity contribution in [1.29, 1.82) is 0 Å². The van der Waals surface area contributed by atoms with Crippen LogP contribution in [0.15, 0.2) is 22.7 Å². The third-order valence-electron chi connectivity index (χ3n) is 4.00. The molecule has 0 aromatic heterocycles. The smallest absolute Gasteiger partial charge is 0.254 e. The van der Waals surface area contributed by atoms with Gasteiger partial charge in [-0.05, 0) is 55.9 Å². The Labute approximate surface area is 124 Å². The lowest BCUT2D eigenvalue weighted by Gasteiger charge is -2.38. The van der Waals surface area contributed by atoms with Crippen LogP contribution in [-0.2, 0) is 0 Å². The third kappa shape index (κ3) is 3.19. The van der Waals surface area contributed by atoms with E-state index in [1.807, 2.05) is 25.1 Å². The van der Waals surface area contributed by atoms with Crippen molar-refractivity contribution in [2.24, 2.45) is 5.92 Å². The van der Waals surface area contributed by atoms with Gasteiger partial charge in [-0.3, -0.25) is 4.79 Å². The van der Waals surface area contributed by atoms with Gasteiger partial charge in [0.05, 0.1) is 0 Å². The highest BCUT2D eigenvalue weighted by Crippen LogP contribution is 2.26. The molecule has 1 amide bonds. The van der Waals surface area contributed by atoms with E-state index in [-0.39, 0.29) is 5.91 Å². The molecular weight excluding hydrogens is 302 g/mol. The molecular formula is C16H22BrNO. The second kappa shape index (κ2) is 6.08. The summed E-state index contributed by atoms with van der Waals surface area (Å²) in [5, 5.41) is 0. The molecule has 1 heterocycles. The number of piperidine rings is 1. The molecule has 0 radical (unpaired) electrons. The fourth-order valence-corrected chi connectivity index (χ4v) is 3.40. The van der Waals surface area contributed by atoms with E-state index in [0.29, 0.717) is 12.0 Å². The van der Waals surface area contributed by atoms with Crippen LogP contribution in [0.1, 0.15) is 49.0 Å². The van der Waals surface area contributed by atoms with E-state index in [4.69, 9.17) is 0 Å². The van der Waals surface area contributed by atoms with Crippen molar-refractivity contribution < 1.29 is 4.79 Å². The van der Waals surface area contributed by atoms with E-state index in [0.717, 1.165) is 35.0 Å². The zero-order valence-corrected chi connectivity index (χ0v) is 13.5. The second-order valence-electron chi connectivity index (χ2n) is 5.76. The standard InChI is InChI=1S/C16H22BrNO/c1-11(2)15-6-4-5-9-18(15)16(19)14-8-7-13(17)10-12(14)3/h7-8,10-11,15H,4-6,9H2,1-3H3. The van der Waals surface area contributed by atoms with E-state index < -0.39 is 0 Å². The summed E-state index contributed by atoms with van der Waals surface area (Å²) in [5.41, 5.74) is 1.89. The van der Waals surface area contributed by atoms with E-state index >= 15 is 0 Å². The van der Waals surface area contributed by atoms with Gasteiger partial charge in [-0.25, -0.2) is 0 Å². The summed E-state index contributed by atoms with van der Waals surface area (Å²) in [6, 6.07) is 6.30. The monoisotopic (exact) mass is 323 g/mol. The number of rotatable bonds is 2. The van der Waals surface area contributed by atoms with Crippen molar-refractivity contribution in [3.8, 4) is 0 Å². The van der Waals surface area contributed by atoms with E-state index in [1.165, 1.54) is 6.42 Å². The molecule has 0 N–H and O–H groups in total. The molecule has 2 nitrogen and oxygen atoms in total. The number of carbonyl (C=O) groups excluding carboxylic acids is 1. The topological polar surface area (TPSA) is 20.3 Å².